The summed E-state index contributed by atoms with van der Waals surface area (Å²) >= 11 is 1.78. The highest BCUT2D eigenvalue weighted by atomic mass is 32.1. The van der Waals surface area contributed by atoms with Crippen LogP contribution in [-0.4, -0.2) is 61.2 Å². The molecule has 0 bridgehead atoms. The first-order valence-corrected chi connectivity index (χ1v) is 9.95. The number of aromatic nitrogens is 1. The maximum atomic E-state index is 10.3. The number of quaternary nitrogens is 2. The fourth-order valence-electron chi connectivity index (χ4n) is 3.43. The Morgan fingerprint density at radius 3 is 2.77 bits per heavy atom. The Labute approximate surface area is 158 Å². The molecule has 1 aliphatic rings. The predicted molar refractivity (Wildman–Crippen MR) is 103 cm³/mol. The van der Waals surface area contributed by atoms with Gasteiger partial charge in [-0.3, -0.25) is 9.98 Å². The Kier molecular flexibility index (Phi) is 6.37. The average Bonchev–Trinajstić information content (AvgIpc) is 3.17. The van der Waals surface area contributed by atoms with Gasteiger partial charge in [-0.15, -0.1) is 11.3 Å². The Bertz CT molecular complexity index is 740. The number of aromatic hydroxyl groups is 1. The molecule has 6 nitrogen and oxygen atoms in total. The van der Waals surface area contributed by atoms with Crippen molar-refractivity contribution in [1.29, 1.82) is 0 Å². The van der Waals surface area contributed by atoms with Crippen LogP contribution in [0.5, 0.6) is 5.75 Å². The van der Waals surface area contributed by atoms with Crippen molar-refractivity contribution >= 4 is 17.6 Å². The summed E-state index contributed by atoms with van der Waals surface area (Å²) in [6.45, 7) is 6.90. The largest absolute Gasteiger partial charge is 0.505 e. The number of pyridine rings is 1. The molecule has 0 saturated carbocycles. The number of hydrogen-bond donors (Lipinski definition) is 4. The van der Waals surface area contributed by atoms with Crippen molar-refractivity contribution in [1.82, 2.24) is 4.98 Å². The van der Waals surface area contributed by atoms with Gasteiger partial charge in [-0.25, -0.2) is 0 Å². The number of rotatable bonds is 6. The lowest BCUT2D eigenvalue weighted by Crippen LogP contribution is -3.27. The normalized spacial score (nSPS) is 22.0. The minimum atomic E-state index is -0.164. The van der Waals surface area contributed by atoms with Crippen LogP contribution < -0.4 is 9.80 Å². The topological polar surface area (TPSA) is 74.6 Å². The van der Waals surface area contributed by atoms with Crippen LogP contribution in [-0.2, 0) is 6.61 Å². The molecular weight excluding hydrogens is 348 g/mol. The van der Waals surface area contributed by atoms with E-state index in [1.165, 1.54) is 18.0 Å². The van der Waals surface area contributed by atoms with Crippen molar-refractivity contribution in [2.24, 2.45) is 4.99 Å². The van der Waals surface area contributed by atoms with Crippen LogP contribution in [0.3, 0.4) is 0 Å². The number of hydrogen-bond acceptors (Lipinski definition) is 5. The van der Waals surface area contributed by atoms with Crippen LogP contribution in [0, 0.1) is 6.92 Å². The van der Waals surface area contributed by atoms with Crippen LogP contribution in [0.25, 0.3) is 0 Å². The molecule has 1 atom stereocenters. The first kappa shape index (κ1) is 19.0. The molecule has 3 heterocycles. The lowest BCUT2D eigenvalue weighted by atomic mass is 10.1. The van der Waals surface area contributed by atoms with E-state index in [1.807, 2.05) is 0 Å². The molecule has 0 unspecified atom stereocenters. The Balaban J connectivity index is 1.78. The first-order valence-electron chi connectivity index (χ1n) is 9.07. The van der Waals surface area contributed by atoms with Crippen LogP contribution in [0.1, 0.15) is 27.7 Å². The minimum absolute atomic E-state index is 0.100. The van der Waals surface area contributed by atoms with Gasteiger partial charge in [-0.2, -0.15) is 0 Å². The zero-order valence-corrected chi connectivity index (χ0v) is 16.2. The number of piperazine rings is 1. The molecule has 0 aromatic carbocycles. The number of nitrogens with one attached hydrogen (secondary N) is 2. The van der Waals surface area contributed by atoms with Crippen molar-refractivity contribution in [2.45, 2.75) is 19.6 Å². The van der Waals surface area contributed by atoms with E-state index in [1.54, 1.807) is 40.5 Å². The Morgan fingerprint density at radius 1 is 1.35 bits per heavy atom. The number of nitrogens with zero attached hydrogens (tertiary/aromatic N) is 2. The van der Waals surface area contributed by atoms with Crippen LogP contribution in [0.2, 0.25) is 0 Å². The molecule has 2 aromatic rings. The van der Waals surface area contributed by atoms with E-state index in [2.05, 4.69) is 34.5 Å². The molecule has 0 radical (unpaired) electrons. The van der Waals surface area contributed by atoms with Gasteiger partial charge < -0.3 is 20.0 Å². The summed E-state index contributed by atoms with van der Waals surface area (Å²) in [4.78, 5) is 13.3. The highest BCUT2D eigenvalue weighted by Gasteiger charge is 2.29. The quantitative estimate of drug-likeness (QED) is 0.500. The second-order valence-corrected chi connectivity index (χ2v) is 7.95. The maximum absolute atomic E-state index is 10.3. The Morgan fingerprint density at radius 2 is 2.12 bits per heavy atom. The minimum Gasteiger partial charge on any atom is -0.505 e. The lowest BCUT2D eigenvalue weighted by molar-refractivity contribution is -1.02. The van der Waals surface area contributed by atoms with E-state index >= 15 is 0 Å². The van der Waals surface area contributed by atoms with Crippen molar-refractivity contribution in [3.63, 3.8) is 0 Å². The van der Waals surface area contributed by atoms with Gasteiger partial charge in [-0.05, 0) is 18.4 Å². The summed E-state index contributed by atoms with van der Waals surface area (Å²) in [5, 5.41) is 21.9. The van der Waals surface area contributed by atoms with E-state index in [0.29, 0.717) is 29.4 Å². The van der Waals surface area contributed by atoms with Crippen molar-refractivity contribution in [3.05, 3.63) is 45.4 Å². The maximum Gasteiger partial charge on any atom is 0.145 e. The van der Waals surface area contributed by atoms with Gasteiger partial charge in [0.05, 0.1) is 30.8 Å². The molecule has 1 aliphatic heterocycles. The third-order valence-corrected chi connectivity index (χ3v) is 6.15. The molecule has 0 spiro atoms. The molecule has 1 saturated heterocycles. The number of aliphatic hydroxyl groups excluding tert-OH is 1. The second-order valence-electron chi connectivity index (χ2n) is 6.97. The number of likely N-dealkylation sites (N-methyl/N-ethyl adjacent to an activating group) is 1. The van der Waals surface area contributed by atoms with E-state index in [-0.39, 0.29) is 12.4 Å². The highest BCUT2D eigenvalue weighted by Crippen LogP contribution is 2.22. The van der Waals surface area contributed by atoms with Gasteiger partial charge in [0.2, 0.25) is 0 Å². The van der Waals surface area contributed by atoms with Gasteiger partial charge >= 0.3 is 0 Å². The Hall–Kier alpha value is -1.80. The summed E-state index contributed by atoms with van der Waals surface area (Å²) < 4.78 is 0. The van der Waals surface area contributed by atoms with Gasteiger partial charge in [0, 0.05) is 23.5 Å². The third-order valence-electron chi connectivity index (χ3n) is 5.16. The SMILES string of the molecule is Cc1ncc(CO)c(C=NC[C@@H](c2cccs2)[NH+]2CC[NH+](C)CC2)c1O. The highest BCUT2D eigenvalue weighted by molar-refractivity contribution is 7.10. The predicted octanol–water partition coefficient (Wildman–Crippen LogP) is -0.777. The van der Waals surface area contributed by atoms with Gasteiger partial charge in [0.15, 0.2) is 0 Å². The smallest absolute Gasteiger partial charge is 0.145 e. The summed E-state index contributed by atoms with van der Waals surface area (Å²) in [5.74, 6) is 0.100. The fraction of sp³-hybridized carbons (Fsp3) is 0.474. The van der Waals surface area contributed by atoms with Crippen LogP contribution in [0.15, 0.2) is 28.7 Å². The number of aliphatic hydroxyl groups is 1. The molecule has 7 heteroatoms. The van der Waals surface area contributed by atoms with Crippen LogP contribution >= 0.6 is 11.3 Å². The molecule has 3 rings (SSSR count). The molecule has 1 fully saturated rings. The molecule has 2 aromatic heterocycles. The van der Waals surface area contributed by atoms with E-state index < -0.39 is 0 Å². The molecule has 0 amide bonds. The molecule has 140 valence electrons. The van der Waals surface area contributed by atoms with Crippen molar-refractivity contribution < 1.29 is 20.0 Å². The second kappa shape index (κ2) is 8.73. The van der Waals surface area contributed by atoms with Gasteiger partial charge in [0.1, 0.15) is 38.0 Å². The zero-order valence-electron chi connectivity index (χ0n) is 15.4. The standard InChI is InChI=1S/C19H26N4O2S/c1-14-19(25)16(15(13-24)10-21-14)11-20-12-17(18-4-3-9-26-18)23-7-5-22(2)6-8-23/h3-4,9-11,17,24-25H,5-8,12-13H2,1-2H3/p+2/t17-/m0/s1. The molecule has 26 heavy (non-hydrogen) atoms. The van der Waals surface area contributed by atoms with Gasteiger partial charge in [0.25, 0.3) is 0 Å². The zero-order chi connectivity index (χ0) is 18.5. The fourth-order valence-corrected chi connectivity index (χ4v) is 4.30. The van der Waals surface area contributed by atoms with E-state index in [9.17, 15) is 10.2 Å². The molecule has 0 aliphatic carbocycles. The monoisotopic (exact) mass is 376 g/mol. The number of aliphatic imine (C=N–C) groups is 1. The first-order chi connectivity index (χ1) is 12.6. The number of thiophene rings is 1. The average molecular weight is 377 g/mol. The van der Waals surface area contributed by atoms with E-state index in [4.69, 9.17) is 0 Å². The van der Waals surface area contributed by atoms with Crippen LogP contribution in [0.4, 0.5) is 0 Å². The number of aryl methyl sites for hydroxylation is 1. The molecular formula is C19H28N4O2S+2. The summed E-state index contributed by atoms with van der Waals surface area (Å²) in [6.07, 6.45) is 3.29. The van der Waals surface area contributed by atoms with Crippen molar-refractivity contribution in [2.75, 3.05) is 39.8 Å². The summed E-state index contributed by atoms with van der Waals surface area (Å²) in [7, 11) is 2.25. The van der Waals surface area contributed by atoms with Crippen molar-refractivity contribution in [3.8, 4) is 5.75 Å². The lowest BCUT2D eigenvalue weighted by Gasteiger charge is -2.32. The molecule has 4 N–H and O–H groups in total. The van der Waals surface area contributed by atoms with E-state index in [0.717, 1.165) is 13.1 Å². The third kappa shape index (κ3) is 4.29. The van der Waals surface area contributed by atoms with Gasteiger partial charge in [-0.1, -0.05) is 6.07 Å². The summed E-state index contributed by atoms with van der Waals surface area (Å²) in [6, 6.07) is 4.62. The summed E-state index contributed by atoms with van der Waals surface area (Å²) in [5.41, 5.74) is 1.72.